The first kappa shape index (κ1) is 13.3. The summed E-state index contributed by atoms with van der Waals surface area (Å²) < 4.78 is 5.04. The summed E-state index contributed by atoms with van der Waals surface area (Å²) in [6.45, 7) is 1.93. The predicted molar refractivity (Wildman–Crippen MR) is 81.8 cm³/mol. The molecule has 1 atom stereocenters. The average molecular weight is 292 g/mol. The molecule has 0 bridgehead atoms. The molecule has 1 saturated carbocycles. The van der Waals surface area contributed by atoms with E-state index in [9.17, 15) is 9.59 Å². The van der Waals surface area contributed by atoms with Crippen LogP contribution >= 0.6 is 0 Å². The lowest BCUT2D eigenvalue weighted by Gasteiger charge is -2.30. The Morgan fingerprint density at radius 3 is 2.00 bits per heavy atom. The summed E-state index contributed by atoms with van der Waals surface area (Å²) in [5.41, 5.74) is 2.25. The summed E-state index contributed by atoms with van der Waals surface area (Å²) in [6, 6.07) is 15.2. The van der Waals surface area contributed by atoms with Gasteiger partial charge in [0.15, 0.2) is 5.78 Å². The Labute approximate surface area is 128 Å². The van der Waals surface area contributed by atoms with Crippen molar-refractivity contribution < 1.29 is 14.3 Å². The van der Waals surface area contributed by atoms with Crippen molar-refractivity contribution >= 4 is 11.8 Å². The van der Waals surface area contributed by atoms with Crippen LogP contribution in [0.3, 0.4) is 0 Å². The number of benzene rings is 2. The van der Waals surface area contributed by atoms with Gasteiger partial charge in [0.1, 0.15) is 0 Å². The highest BCUT2D eigenvalue weighted by Crippen LogP contribution is 2.70. The molecule has 0 aliphatic heterocycles. The lowest BCUT2D eigenvalue weighted by molar-refractivity contribution is -0.147. The molecule has 4 rings (SSSR count). The van der Waals surface area contributed by atoms with Gasteiger partial charge in [0.25, 0.3) is 0 Å². The third-order valence-electron chi connectivity index (χ3n) is 5.33. The highest BCUT2D eigenvalue weighted by atomic mass is 16.5. The van der Waals surface area contributed by atoms with Crippen LogP contribution in [0.25, 0.3) is 0 Å². The molecule has 2 aliphatic carbocycles. The number of ketones is 1. The Morgan fingerprint density at radius 1 is 1.00 bits per heavy atom. The first-order valence-corrected chi connectivity index (χ1v) is 7.38. The van der Waals surface area contributed by atoms with Crippen molar-refractivity contribution in [1.82, 2.24) is 0 Å². The van der Waals surface area contributed by atoms with Crippen LogP contribution in [0.1, 0.15) is 40.4 Å². The summed E-state index contributed by atoms with van der Waals surface area (Å²) in [7, 11) is 1.42. The molecule has 110 valence electrons. The highest BCUT2D eigenvalue weighted by Gasteiger charge is 2.73. The molecular weight excluding hydrogens is 276 g/mol. The number of rotatable bonds is 1. The van der Waals surface area contributed by atoms with Crippen molar-refractivity contribution in [1.29, 1.82) is 0 Å². The molecule has 0 N–H and O–H groups in total. The fourth-order valence-electron chi connectivity index (χ4n) is 4.14. The maximum atomic E-state index is 12.8. The zero-order valence-electron chi connectivity index (χ0n) is 12.6. The minimum atomic E-state index is -0.616. The van der Waals surface area contributed by atoms with Gasteiger partial charge in [-0.15, -0.1) is 0 Å². The fourth-order valence-corrected chi connectivity index (χ4v) is 4.14. The number of hydrogen-bond donors (Lipinski definition) is 0. The van der Waals surface area contributed by atoms with E-state index in [0.29, 0.717) is 17.5 Å². The number of fused-ring (bicyclic) bond motifs is 4. The van der Waals surface area contributed by atoms with E-state index in [2.05, 4.69) is 0 Å². The summed E-state index contributed by atoms with van der Waals surface area (Å²) in [5.74, 6) is -0.178. The van der Waals surface area contributed by atoms with Crippen LogP contribution in [0.2, 0.25) is 0 Å². The molecule has 1 fully saturated rings. The normalized spacial score (nSPS) is 23.6. The molecule has 2 aromatic rings. The first-order valence-electron chi connectivity index (χ1n) is 7.38. The molecule has 3 heteroatoms. The topological polar surface area (TPSA) is 43.4 Å². The highest BCUT2D eigenvalue weighted by molar-refractivity contribution is 6.14. The Balaban J connectivity index is 2.04. The second kappa shape index (κ2) is 4.07. The summed E-state index contributed by atoms with van der Waals surface area (Å²) in [4.78, 5) is 25.1. The van der Waals surface area contributed by atoms with Gasteiger partial charge in [0.05, 0.1) is 12.5 Å². The molecule has 22 heavy (non-hydrogen) atoms. The van der Waals surface area contributed by atoms with Crippen LogP contribution < -0.4 is 0 Å². The third-order valence-corrected chi connectivity index (χ3v) is 5.33. The monoisotopic (exact) mass is 292 g/mol. The fraction of sp³-hybridized carbons (Fsp3) is 0.263. The van der Waals surface area contributed by atoms with Crippen molar-refractivity contribution in [3.63, 3.8) is 0 Å². The van der Waals surface area contributed by atoms with Crippen LogP contribution in [0.15, 0.2) is 48.5 Å². The predicted octanol–water partition coefficient (Wildman–Crippen LogP) is 3.10. The Morgan fingerprint density at radius 2 is 1.50 bits per heavy atom. The zero-order valence-corrected chi connectivity index (χ0v) is 12.6. The quantitative estimate of drug-likeness (QED) is 0.759. The van der Waals surface area contributed by atoms with Crippen LogP contribution in [-0.2, 0) is 14.9 Å². The van der Waals surface area contributed by atoms with Crippen molar-refractivity contribution in [2.45, 2.75) is 18.8 Å². The number of esters is 1. The maximum absolute atomic E-state index is 12.8. The van der Waals surface area contributed by atoms with Gasteiger partial charge < -0.3 is 4.74 Å². The summed E-state index contributed by atoms with van der Waals surface area (Å²) in [6.07, 6.45) is 0.675. The standard InChI is InChI=1S/C19H16O3/c1-18(17(21)22-2)11-19(18)14-9-5-3-7-12(14)16(20)13-8-4-6-10-15(13)19/h3-10H,11H2,1-2H3/t18-/m0/s1. The number of hydrogen-bond acceptors (Lipinski definition) is 3. The second-order valence-corrected chi connectivity index (χ2v) is 6.33. The number of ether oxygens (including phenoxy) is 1. The van der Waals surface area contributed by atoms with Gasteiger partial charge in [-0.1, -0.05) is 48.5 Å². The Hall–Kier alpha value is -2.42. The van der Waals surface area contributed by atoms with E-state index in [0.717, 1.165) is 11.1 Å². The van der Waals surface area contributed by atoms with E-state index in [1.807, 2.05) is 55.5 Å². The van der Waals surface area contributed by atoms with E-state index < -0.39 is 10.8 Å². The van der Waals surface area contributed by atoms with Crippen molar-refractivity contribution in [2.75, 3.05) is 7.11 Å². The number of carbonyl (C=O) groups is 2. The Kier molecular flexibility index (Phi) is 2.45. The van der Waals surface area contributed by atoms with E-state index in [1.165, 1.54) is 7.11 Å². The number of methoxy groups -OCH3 is 1. The molecule has 0 radical (unpaired) electrons. The Bertz CT molecular complexity index is 771. The molecule has 0 unspecified atom stereocenters. The molecule has 3 nitrogen and oxygen atoms in total. The largest absolute Gasteiger partial charge is 0.469 e. The maximum Gasteiger partial charge on any atom is 0.312 e. The summed E-state index contributed by atoms with van der Waals surface area (Å²) in [5, 5.41) is 0. The van der Waals surface area contributed by atoms with Crippen molar-refractivity contribution in [3.8, 4) is 0 Å². The van der Waals surface area contributed by atoms with Crippen LogP contribution in [0.4, 0.5) is 0 Å². The minimum absolute atomic E-state index is 0.0379. The lowest BCUT2D eigenvalue weighted by atomic mass is 9.71. The molecule has 0 amide bonds. The zero-order chi connectivity index (χ0) is 15.5. The second-order valence-electron chi connectivity index (χ2n) is 6.33. The molecule has 1 spiro atoms. The van der Waals surface area contributed by atoms with Crippen molar-refractivity contribution in [2.24, 2.45) is 5.41 Å². The van der Waals surface area contributed by atoms with Crippen LogP contribution in [-0.4, -0.2) is 18.9 Å². The van der Waals surface area contributed by atoms with Gasteiger partial charge in [0.2, 0.25) is 0 Å². The van der Waals surface area contributed by atoms with Crippen LogP contribution in [0, 0.1) is 5.41 Å². The SMILES string of the molecule is COC(=O)[C@]1(C)CC12c1ccccc1C(=O)c1ccccc12. The molecule has 2 aromatic carbocycles. The van der Waals surface area contributed by atoms with E-state index in [1.54, 1.807) is 0 Å². The van der Waals surface area contributed by atoms with Gasteiger partial charge in [-0.2, -0.15) is 0 Å². The van der Waals surface area contributed by atoms with Gasteiger partial charge in [-0.3, -0.25) is 9.59 Å². The van der Waals surface area contributed by atoms with Gasteiger partial charge in [-0.25, -0.2) is 0 Å². The molecule has 2 aliphatic rings. The summed E-state index contributed by atoms with van der Waals surface area (Å²) >= 11 is 0. The first-order chi connectivity index (χ1) is 10.6. The molecule has 0 saturated heterocycles. The van der Waals surface area contributed by atoms with E-state index in [-0.39, 0.29) is 11.8 Å². The van der Waals surface area contributed by atoms with Gasteiger partial charge in [-0.05, 0) is 24.5 Å². The van der Waals surface area contributed by atoms with Crippen LogP contribution in [0.5, 0.6) is 0 Å². The molecular formula is C19H16O3. The molecule has 0 heterocycles. The third kappa shape index (κ3) is 1.32. The number of carbonyl (C=O) groups excluding carboxylic acids is 2. The molecule has 0 aromatic heterocycles. The van der Waals surface area contributed by atoms with Gasteiger partial charge >= 0.3 is 5.97 Å². The van der Waals surface area contributed by atoms with Gasteiger partial charge in [0, 0.05) is 16.5 Å². The average Bonchev–Trinajstić information content (AvgIpc) is 3.20. The smallest absolute Gasteiger partial charge is 0.312 e. The van der Waals surface area contributed by atoms with E-state index >= 15 is 0 Å². The van der Waals surface area contributed by atoms with Crippen molar-refractivity contribution in [3.05, 3.63) is 70.8 Å². The lowest BCUT2D eigenvalue weighted by Crippen LogP contribution is -2.32. The van der Waals surface area contributed by atoms with E-state index in [4.69, 9.17) is 4.74 Å². The minimum Gasteiger partial charge on any atom is -0.469 e.